The highest BCUT2D eigenvalue weighted by atomic mass is 32.7. The molecule has 1 unspecified atom stereocenters. The van der Waals surface area contributed by atoms with Crippen molar-refractivity contribution in [3.63, 3.8) is 0 Å². The van der Waals surface area contributed by atoms with Crippen LogP contribution in [0.5, 0.6) is 0 Å². The number of aromatic nitrogens is 2. The van der Waals surface area contributed by atoms with E-state index in [2.05, 4.69) is 0 Å². The van der Waals surface area contributed by atoms with E-state index in [-0.39, 0.29) is 17.1 Å². The van der Waals surface area contributed by atoms with Gasteiger partial charge in [-0.2, -0.15) is 0 Å². The van der Waals surface area contributed by atoms with Gasteiger partial charge in [-0.3, -0.25) is 14.0 Å². The normalized spacial score (nSPS) is 14.1. The number of hydrogen-bond donors (Lipinski definition) is 0. The molecule has 1 atom stereocenters. The number of benzene rings is 1. The summed E-state index contributed by atoms with van der Waals surface area (Å²) in [7, 11) is 1.71. The fraction of sp³-hybridized carbons (Fsp3) is 0.308. The van der Waals surface area contributed by atoms with Gasteiger partial charge in [-0.1, -0.05) is 18.2 Å². The predicted octanol–water partition coefficient (Wildman–Crippen LogP) is 2.08. The predicted molar refractivity (Wildman–Crippen MR) is 80.8 cm³/mol. The number of rotatable bonds is 5. The molecule has 0 saturated carbocycles. The van der Waals surface area contributed by atoms with Gasteiger partial charge in [0, 0.05) is 7.05 Å². The van der Waals surface area contributed by atoms with Crippen molar-refractivity contribution in [2.75, 3.05) is 6.61 Å². The van der Waals surface area contributed by atoms with Gasteiger partial charge in [0.25, 0.3) is 5.56 Å². The highest BCUT2D eigenvalue weighted by Crippen LogP contribution is 2.55. The molecule has 2 rings (SSSR count). The zero-order valence-corrected chi connectivity index (χ0v) is 13.7. The van der Waals surface area contributed by atoms with Gasteiger partial charge in [0.1, 0.15) is 4.90 Å². The molecular weight excluding hydrogens is 311 g/mol. The second-order valence-corrected chi connectivity index (χ2v) is 7.98. The summed E-state index contributed by atoms with van der Waals surface area (Å²) in [4.78, 5) is 24.4. The molecule has 0 aliphatic carbocycles. The largest absolute Gasteiger partial charge is 0.770 e. The Balaban J connectivity index is 2.52. The lowest BCUT2D eigenvalue weighted by Gasteiger charge is -2.20. The van der Waals surface area contributed by atoms with Gasteiger partial charge in [0.05, 0.1) is 18.0 Å². The van der Waals surface area contributed by atoms with Gasteiger partial charge in [0.2, 0.25) is 0 Å². The van der Waals surface area contributed by atoms with Crippen LogP contribution in [-0.2, 0) is 16.1 Å². The third-order valence-corrected chi connectivity index (χ3v) is 5.98. The first kappa shape index (κ1) is 16.1. The molecule has 2 aromatic rings. The molecule has 1 aromatic heterocycles. The summed E-state index contributed by atoms with van der Waals surface area (Å²) in [5, 5.41) is 0. The highest BCUT2D eigenvalue weighted by molar-refractivity contribution is 8.54. The summed E-state index contributed by atoms with van der Waals surface area (Å²) >= 11 is 0.477. The van der Waals surface area contributed by atoms with Crippen molar-refractivity contribution in [2.45, 2.75) is 18.7 Å². The van der Waals surface area contributed by atoms with E-state index in [0.717, 1.165) is 0 Å². The maximum absolute atomic E-state index is 12.5. The van der Waals surface area contributed by atoms with Crippen LogP contribution < -0.4 is 10.5 Å². The van der Waals surface area contributed by atoms with Gasteiger partial charge in [-0.25, -0.2) is 4.68 Å². The summed E-state index contributed by atoms with van der Waals surface area (Å²) in [6.07, 6.45) is 0. The molecule has 0 amide bonds. The molecule has 0 bridgehead atoms. The molecule has 0 N–H and O–H groups in total. The van der Waals surface area contributed by atoms with Crippen LogP contribution in [-0.4, -0.2) is 16.0 Å². The second-order valence-electron chi connectivity index (χ2n) is 4.35. The molecule has 0 radical (unpaired) electrons. The molecule has 1 heterocycles. The summed E-state index contributed by atoms with van der Waals surface area (Å²) < 4.78 is 19.5. The van der Waals surface area contributed by atoms with Crippen LogP contribution in [0.1, 0.15) is 12.6 Å². The van der Waals surface area contributed by atoms with Crippen LogP contribution in [0.15, 0.2) is 40.0 Å². The van der Waals surface area contributed by atoms with Gasteiger partial charge in [0.15, 0.2) is 6.80 Å². The second kappa shape index (κ2) is 6.23. The standard InChI is InChI=1S/C13H17N2O4PS/c1-4-19-20(17,18)21-12-10(2)14(3)15(13(12)16)11-8-6-5-7-9-11/h5-9H,4H2,1-3H3,(H,17,18)/p-1. The lowest BCUT2D eigenvalue weighted by molar-refractivity contribution is -0.189. The van der Waals surface area contributed by atoms with Crippen LogP contribution in [0.25, 0.3) is 5.69 Å². The lowest BCUT2D eigenvalue weighted by atomic mass is 10.3. The minimum atomic E-state index is -4.13. The van der Waals surface area contributed by atoms with E-state index in [9.17, 15) is 14.3 Å². The van der Waals surface area contributed by atoms with Gasteiger partial charge in [-0.05, 0) is 37.4 Å². The molecule has 0 aliphatic heterocycles. The molecule has 0 spiro atoms. The van der Waals surface area contributed by atoms with Crippen LogP contribution >= 0.6 is 18.2 Å². The van der Waals surface area contributed by atoms with Crippen molar-refractivity contribution in [3.8, 4) is 5.69 Å². The lowest BCUT2D eigenvalue weighted by Crippen LogP contribution is -2.20. The Bertz CT molecular complexity index is 739. The minimum absolute atomic E-state index is 0.0481. The Kier molecular flexibility index (Phi) is 4.78. The van der Waals surface area contributed by atoms with Gasteiger partial charge >= 0.3 is 0 Å². The Morgan fingerprint density at radius 2 is 1.95 bits per heavy atom. The van der Waals surface area contributed by atoms with Crippen LogP contribution in [0, 0.1) is 6.92 Å². The summed E-state index contributed by atoms with van der Waals surface area (Å²) in [5.41, 5.74) is 0.878. The molecule has 114 valence electrons. The third kappa shape index (κ3) is 3.32. The first-order valence-electron chi connectivity index (χ1n) is 6.36. The zero-order chi connectivity index (χ0) is 15.6. The van der Waals surface area contributed by atoms with Crippen molar-refractivity contribution in [3.05, 3.63) is 46.4 Å². The maximum atomic E-state index is 12.5. The van der Waals surface area contributed by atoms with Gasteiger partial charge in [-0.15, -0.1) is 0 Å². The minimum Gasteiger partial charge on any atom is -0.770 e. The summed E-state index contributed by atoms with van der Waals surface area (Å²) in [6, 6.07) is 9.05. The van der Waals surface area contributed by atoms with Gasteiger partial charge < -0.3 is 9.42 Å². The summed E-state index contributed by atoms with van der Waals surface area (Å²) in [6.45, 7) is -0.786. The molecule has 6 nitrogen and oxygen atoms in total. The Labute approximate surface area is 126 Å². The van der Waals surface area contributed by atoms with Crippen LogP contribution in [0.3, 0.4) is 0 Å². The number of para-hydroxylation sites is 1. The average molecular weight is 327 g/mol. The van der Waals surface area contributed by atoms with E-state index in [0.29, 0.717) is 22.8 Å². The van der Waals surface area contributed by atoms with Crippen molar-refractivity contribution in [1.82, 2.24) is 9.36 Å². The molecule has 8 heteroatoms. The Hall–Kier alpha value is -1.27. The Morgan fingerprint density at radius 3 is 2.52 bits per heavy atom. The van der Waals surface area contributed by atoms with E-state index < -0.39 is 6.80 Å². The fourth-order valence-corrected chi connectivity index (χ4v) is 4.74. The van der Waals surface area contributed by atoms with Crippen LogP contribution in [0.4, 0.5) is 0 Å². The molecular formula is C13H16N2O4PS-. The SMILES string of the molecule is CCOP(=O)([O-])Sc1c(C)n(C)n(-c2ccccc2)c1=O. The molecule has 0 aliphatic rings. The topological polar surface area (TPSA) is 76.3 Å². The molecule has 0 saturated heterocycles. The van der Waals surface area contributed by atoms with E-state index in [4.69, 9.17) is 4.52 Å². The zero-order valence-electron chi connectivity index (χ0n) is 12.0. The van der Waals surface area contributed by atoms with Crippen molar-refractivity contribution in [1.29, 1.82) is 0 Å². The summed E-state index contributed by atoms with van der Waals surface area (Å²) in [5.74, 6) is 0. The molecule has 21 heavy (non-hydrogen) atoms. The monoisotopic (exact) mass is 327 g/mol. The quantitative estimate of drug-likeness (QED) is 0.786. The van der Waals surface area contributed by atoms with Crippen molar-refractivity contribution >= 4 is 18.2 Å². The van der Waals surface area contributed by atoms with E-state index >= 15 is 0 Å². The van der Waals surface area contributed by atoms with Crippen molar-refractivity contribution < 1.29 is 14.0 Å². The maximum Gasteiger partial charge on any atom is 0.285 e. The highest BCUT2D eigenvalue weighted by Gasteiger charge is 2.21. The Morgan fingerprint density at radius 1 is 1.33 bits per heavy atom. The van der Waals surface area contributed by atoms with Crippen LogP contribution in [0.2, 0.25) is 0 Å². The first-order chi connectivity index (χ1) is 9.87. The number of nitrogens with zero attached hydrogens (tertiary/aromatic N) is 2. The number of hydrogen-bond acceptors (Lipinski definition) is 5. The van der Waals surface area contributed by atoms with E-state index in [1.807, 2.05) is 18.2 Å². The average Bonchev–Trinajstić information content (AvgIpc) is 2.63. The molecule has 0 fully saturated rings. The smallest absolute Gasteiger partial charge is 0.285 e. The van der Waals surface area contributed by atoms with Crippen molar-refractivity contribution in [2.24, 2.45) is 7.05 Å². The molecule has 1 aromatic carbocycles. The fourth-order valence-electron chi connectivity index (χ4n) is 1.95. The first-order valence-corrected chi connectivity index (χ1v) is 9.33. The third-order valence-electron chi connectivity index (χ3n) is 2.99. The van der Waals surface area contributed by atoms with E-state index in [1.165, 1.54) is 4.68 Å². The van der Waals surface area contributed by atoms with E-state index in [1.54, 1.807) is 37.7 Å².